The number of anilines is 1. The van der Waals surface area contributed by atoms with Crippen LogP contribution in [-0.2, 0) is 0 Å². The third kappa shape index (κ3) is 3.93. The van der Waals surface area contributed by atoms with Crippen molar-refractivity contribution >= 4 is 35.4 Å². The lowest BCUT2D eigenvalue weighted by atomic mass is 10.3. The van der Waals surface area contributed by atoms with Gasteiger partial charge in [0.1, 0.15) is 0 Å². The first kappa shape index (κ1) is 13.9. The topological polar surface area (TPSA) is 3.24 Å². The molecule has 0 bridgehead atoms. The summed E-state index contributed by atoms with van der Waals surface area (Å²) in [6, 6.07) is 32.0. The fraction of sp³-hybridized carbons (Fsp3) is 0. The predicted octanol–water partition coefficient (Wildman–Crippen LogP) is 2.38. The summed E-state index contributed by atoms with van der Waals surface area (Å²) in [5.41, 5.74) is 1.28. The molecular weight excluding hydrogens is 286 g/mol. The molecule has 0 aliphatic rings. The molecule has 0 fully saturated rings. The van der Waals surface area contributed by atoms with Gasteiger partial charge in [0.2, 0.25) is 19.4 Å². The Balaban J connectivity index is 1.84. The van der Waals surface area contributed by atoms with E-state index >= 15 is 0 Å². The summed E-state index contributed by atoms with van der Waals surface area (Å²) < 4.78 is 2.46. The van der Waals surface area contributed by atoms with Gasteiger partial charge in [-0.1, -0.05) is 78.9 Å². The average molecular weight is 301 g/mol. The summed E-state index contributed by atoms with van der Waals surface area (Å²) in [4.78, 5) is 0. The number of hydrogen-bond acceptors (Lipinski definition) is 1. The van der Waals surface area contributed by atoms with Crippen molar-refractivity contribution in [3.63, 3.8) is 0 Å². The van der Waals surface area contributed by atoms with E-state index in [1.165, 1.54) is 16.1 Å². The van der Waals surface area contributed by atoms with E-state index in [9.17, 15) is 0 Å². The van der Waals surface area contributed by atoms with Crippen LogP contribution in [0.3, 0.4) is 0 Å². The largest absolute Gasteiger partial charge is 0.419 e. The zero-order valence-electron chi connectivity index (χ0n) is 11.6. The first-order valence-electron chi connectivity index (χ1n) is 6.90. The van der Waals surface area contributed by atoms with Gasteiger partial charge in [-0.25, -0.2) is 0 Å². The van der Waals surface area contributed by atoms with Gasteiger partial charge in [0.15, 0.2) is 0 Å². The Morgan fingerprint density at radius 2 is 0.857 bits per heavy atom. The minimum absolute atomic E-state index is 0.644. The fourth-order valence-electron chi connectivity index (χ4n) is 2.02. The number of para-hydroxylation sites is 1. The molecule has 3 heteroatoms. The third-order valence-electron chi connectivity index (χ3n) is 3.04. The van der Waals surface area contributed by atoms with Crippen molar-refractivity contribution in [2.75, 3.05) is 4.23 Å². The Morgan fingerprint density at radius 3 is 1.29 bits per heavy atom. The van der Waals surface area contributed by atoms with Crippen LogP contribution in [0.25, 0.3) is 0 Å². The van der Waals surface area contributed by atoms with Crippen LogP contribution in [0.1, 0.15) is 0 Å². The van der Waals surface area contributed by atoms with Crippen LogP contribution in [-0.4, -0.2) is 19.4 Å². The van der Waals surface area contributed by atoms with Crippen LogP contribution >= 0.6 is 0 Å². The maximum absolute atomic E-state index is 2.46. The van der Waals surface area contributed by atoms with Crippen LogP contribution in [0.5, 0.6) is 0 Å². The standard InChI is InChI=1S/C18H15NSi2/c1-4-10-16(11-5-1)19(20-17-12-6-2-7-13-17)21-18-14-8-3-9-15-18/h1-15H. The Bertz CT molecular complexity index is 615. The quantitative estimate of drug-likeness (QED) is 0.654. The number of benzene rings is 3. The van der Waals surface area contributed by atoms with E-state index in [0.29, 0.717) is 19.4 Å². The molecule has 3 aromatic rings. The molecule has 0 unspecified atom stereocenters. The normalized spacial score (nSPS) is 10.3. The lowest BCUT2D eigenvalue weighted by Gasteiger charge is -2.23. The summed E-state index contributed by atoms with van der Waals surface area (Å²) in [6.45, 7) is 0. The van der Waals surface area contributed by atoms with Crippen molar-refractivity contribution in [1.82, 2.24) is 0 Å². The lowest BCUT2D eigenvalue weighted by Crippen LogP contribution is -2.43. The smallest absolute Gasteiger partial charge is 0.212 e. The highest BCUT2D eigenvalue weighted by molar-refractivity contribution is 6.76. The molecule has 0 aliphatic heterocycles. The summed E-state index contributed by atoms with van der Waals surface area (Å²) >= 11 is 0. The molecule has 4 radical (unpaired) electrons. The second kappa shape index (κ2) is 7.06. The second-order valence-corrected chi connectivity index (χ2v) is 7.57. The minimum atomic E-state index is 0.644. The molecule has 100 valence electrons. The van der Waals surface area contributed by atoms with Crippen LogP contribution in [0.15, 0.2) is 91.0 Å². The maximum Gasteiger partial charge on any atom is 0.212 e. The van der Waals surface area contributed by atoms with E-state index in [1.54, 1.807) is 0 Å². The molecule has 0 spiro atoms. The monoisotopic (exact) mass is 301 g/mol. The first-order chi connectivity index (χ1) is 10.4. The molecule has 3 rings (SSSR count). The van der Waals surface area contributed by atoms with Crippen molar-refractivity contribution in [2.24, 2.45) is 0 Å². The van der Waals surface area contributed by atoms with Gasteiger partial charge >= 0.3 is 0 Å². The number of hydrogen-bond donors (Lipinski definition) is 0. The van der Waals surface area contributed by atoms with Gasteiger partial charge in [0.05, 0.1) is 0 Å². The van der Waals surface area contributed by atoms with Gasteiger partial charge in [-0.15, -0.1) is 0 Å². The van der Waals surface area contributed by atoms with Crippen LogP contribution in [0.4, 0.5) is 5.69 Å². The second-order valence-electron chi connectivity index (χ2n) is 4.63. The van der Waals surface area contributed by atoms with Gasteiger partial charge in [-0.3, -0.25) is 0 Å². The number of nitrogens with zero attached hydrogens (tertiary/aromatic N) is 1. The third-order valence-corrected chi connectivity index (χ3v) is 5.86. The van der Waals surface area contributed by atoms with Crippen molar-refractivity contribution in [3.8, 4) is 0 Å². The van der Waals surface area contributed by atoms with E-state index in [0.717, 1.165) is 0 Å². The van der Waals surface area contributed by atoms with Crippen molar-refractivity contribution < 1.29 is 0 Å². The Morgan fingerprint density at radius 1 is 0.476 bits per heavy atom. The Labute approximate surface area is 131 Å². The molecule has 0 saturated carbocycles. The molecule has 0 aromatic heterocycles. The zero-order chi connectivity index (χ0) is 14.3. The fourth-order valence-corrected chi connectivity index (χ4v) is 4.77. The van der Waals surface area contributed by atoms with Crippen molar-refractivity contribution in [1.29, 1.82) is 0 Å². The molecule has 0 saturated heterocycles. The molecule has 21 heavy (non-hydrogen) atoms. The van der Waals surface area contributed by atoms with E-state index in [-0.39, 0.29) is 0 Å². The Hall–Kier alpha value is -2.11. The Kier molecular flexibility index (Phi) is 4.66. The number of rotatable bonds is 5. The van der Waals surface area contributed by atoms with Crippen LogP contribution in [0, 0.1) is 0 Å². The summed E-state index contributed by atoms with van der Waals surface area (Å²) in [7, 11) is 1.29. The van der Waals surface area contributed by atoms with E-state index < -0.39 is 0 Å². The molecule has 3 aromatic carbocycles. The summed E-state index contributed by atoms with van der Waals surface area (Å²) in [5.74, 6) is 0. The highest BCUT2D eigenvalue weighted by Gasteiger charge is 2.11. The zero-order valence-corrected chi connectivity index (χ0v) is 13.6. The maximum atomic E-state index is 2.46. The molecule has 0 amide bonds. The van der Waals surface area contributed by atoms with Gasteiger partial charge in [-0.2, -0.15) is 0 Å². The van der Waals surface area contributed by atoms with Gasteiger partial charge in [0, 0.05) is 5.69 Å². The van der Waals surface area contributed by atoms with Crippen LogP contribution in [0.2, 0.25) is 0 Å². The molecule has 0 heterocycles. The van der Waals surface area contributed by atoms with E-state index in [1.807, 2.05) is 0 Å². The molecule has 1 nitrogen and oxygen atoms in total. The molecule has 0 aliphatic carbocycles. The van der Waals surface area contributed by atoms with E-state index in [4.69, 9.17) is 0 Å². The van der Waals surface area contributed by atoms with Crippen LogP contribution < -0.4 is 14.6 Å². The first-order valence-corrected chi connectivity index (χ1v) is 8.80. The molecule has 0 atom stereocenters. The van der Waals surface area contributed by atoms with Gasteiger partial charge < -0.3 is 4.23 Å². The lowest BCUT2D eigenvalue weighted by molar-refractivity contribution is 1.54. The highest BCUT2D eigenvalue weighted by Crippen LogP contribution is 2.10. The van der Waals surface area contributed by atoms with Crippen molar-refractivity contribution in [2.45, 2.75) is 0 Å². The average Bonchev–Trinajstić information content (AvgIpc) is 2.57. The highest BCUT2D eigenvalue weighted by atomic mass is 28.3. The van der Waals surface area contributed by atoms with Crippen molar-refractivity contribution in [3.05, 3.63) is 91.0 Å². The molecule has 0 N–H and O–H groups in total. The van der Waals surface area contributed by atoms with Gasteiger partial charge in [0.25, 0.3) is 0 Å². The SMILES string of the molecule is c1ccc([Si]N([Si]c2ccccc2)c2ccccc2)cc1. The van der Waals surface area contributed by atoms with Gasteiger partial charge in [-0.05, 0) is 22.5 Å². The van der Waals surface area contributed by atoms with E-state index in [2.05, 4.69) is 95.2 Å². The predicted molar refractivity (Wildman–Crippen MR) is 92.6 cm³/mol. The summed E-state index contributed by atoms with van der Waals surface area (Å²) in [6.07, 6.45) is 0. The molecular formula is C18H15NSi2. The summed E-state index contributed by atoms with van der Waals surface area (Å²) in [5, 5.41) is 2.73. The minimum Gasteiger partial charge on any atom is -0.419 e.